The van der Waals surface area contributed by atoms with Crippen molar-refractivity contribution in [2.75, 3.05) is 0 Å². The summed E-state index contributed by atoms with van der Waals surface area (Å²) in [7, 11) is 0. The van der Waals surface area contributed by atoms with Crippen LogP contribution in [-0.2, 0) is 0 Å². The van der Waals surface area contributed by atoms with Crippen LogP contribution in [0.5, 0.6) is 0 Å². The van der Waals surface area contributed by atoms with Crippen LogP contribution in [-0.4, -0.2) is 15.4 Å². The van der Waals surface area contributed by atoms with Gasteiger partial charge >= 0.3 is 0 Å². The van der Waals surface area contributed by atoms with E-state index in [0.717, 1.165) is 10.8 Å². The van der Waals surface area contributed by atoms with Crippen LogP contribution in [0.2, 0.25) is 0 Å². The van der Waals surface area contributed by atoms with Crippen LogP contribution in [0.3, 0.4) is 0 Å². The van der Waals surface area contributed by atoms with E-state index >= 15 is 0 Å². The van der Waals surface area contributed by atoms with Gasteiger partial charge in [-0.3, -0.25) is 4.79 Å². The molecule has 0 amide bonds. The second-order valence-electron chi connectivity index (χ2n) is 4.09. The van der Waals surface area contributed by atoms with Gasteiger partial charge in [0.15, 0.2) is 5.78 Å². The van der Waals surface area contributed by atoms with E-state index in [1.165, 1.54) is 17.6 Å². The topological polar surface area (TPSA) is 42.9 Å². The van der Waals surface area contributed by atoms with Gasteiger partial charge in [0.1, 0.15) is 0 Å². The highest BCUT2D eigenvalue weighted by molar-refractivity contribution is 7.03. The summed E-state index contributed by atoms with van der Waals surface area (Å²) in [4.78, 5) is 12.1. The van der Waals surface area contributed by atoms with E-state index in [1.807, 2.05) is 42.5 Å². The molecule has 0 saturated carbocycles. The molecule has 0 fully saturated rings. The Morgan fingerprint density at radius 1 is 1.11 bits per heavy atom. The standard InChI is InChI=1S/C15H10N2OS/c18-15(8-7-14-10-19-17-16-14)13-6-5-11-3-1-2-4-12(11)9-13/h1-10H. The van der Waals surface area contributed by atoms with Crippen LogP contribution in [0.4, 0.5) is 0 Å². The summed E-state index contributed by atoms with van der Waals surface area (Å²) in [6.45, 7) is 0. The fourth-order valence-electron chi connectivity index (χ4n) is 1.84. The number of ketones is 1. The molecule has 3 aromatic rings. The van der Waals surface area contributed by atoms with Crippen molar-refractivity contribution >= 4 is 34.2 Å². The van der Waals surface area contributed by atoms with E-state index in [2.05, 4.69) is 9.59 Å². The highest BCUT2D eigenvalue weighted by Crippen LogP contribution is 2.16. The summed E-state index contributed by atoms with van der Waals surface area (Å²) in [5, 5.41) is 7.86. The highest BCUT2D eigenvalue weighted by Gasteiger charge is 2.03. The minimum Gasteiger partial charge on any atom is -0.289 e. The average molecular weight is 266 g/mol. The number of aromatic nitrogens is 2. The molecule has 3 rings (SSSR count). The first-order valence-corrected chi connectivity index (χ1v) is 6.65. The molecule has 0 bridgehead atoms. The van der Waals surface area contributed by atoms with Crippen molar-refractivity contribution in [2.45, 2.75) is 0 Å². The Balaban J connectivity index is 1.89. The van der Waals surface area contributed by atoms with E-state index < -0.39 is 0 Å². The first kappa shape index (κ1) is 11.7. The zero-order valence-electron chi connectivity index (χ0n) is 9.98. The van der Waals surface area contributed by atoms with Crippen LogP contribution in [0.25, 0.3) is 16.8 Å². The van der Waals surface area contributed by atoms with Gasteiger partial charge in [-0.15, -0.1) is 5.10 Å². The minimum atomic E-state index is -0.0289. The third-order valence-electron chi connectivity index (χ3n) is 2.82. The van der Waals surface area contributed by atoms with E-state index in [9.17, 15) is 4.79 Å². The lowest BCUT2D eigenvalue weighted by Crippen LogP contribution is -1.93. The summed E-state index contributed by atoms with van der Waals surface area (Å²) < 4.78 is 3.74. The maximum Gasteiger partial charge on any atom is 0.185 e. The summed E-state index contributed by atoms with van der Waals surface area (Å²) in [5.74, 6) is -0.0289. The molecule has 0 aliphatic carbocycles. The molecule has 1 aromatic heterocycles. The Bertz CT molecular complexity index is 748. The lowest BCUT2D eigenvalue weighted by molar-refractivity contribution is 0.104. The number of carbonyl (C=O) groups excluding carboxylic acids is 1. The summed E-state index contributed by atoms with van der Waals surface area (Å²) in [5.41, 5.74) is 1.39. The number of nitrogens with zero attached hydrogens (tertiary/aromatic N) is 2. The summed E-state index contributed by atoms with van der Waals surface area (Å²) in [6, 6.07) is 13.7. The first-order valence-electron chi connectivity index (χ1n) is 5.81. The Hall–Kier alpha value is -2.33. The number of hydrogen-bond donors (Lipinski definition) is 0. The fraction of sp³-hybridized carbons (Fsp3) is 0. The van der Waals surface area contributed by atoms with Crippen molar-refractivity contribution in [3.63, 3.8) is 0 Å². The van der Waals surface area contributed by atoms with Gasteiger partial charge in [0.2, 0.25) is 0 Å². The molecule has 0 radical (unpaired) electrons. The van der Waals surface area contributed by atoms with Gasteiger partial charge < -0.3 is 0 Å². The van der Waals surface area contributed by atoms with Crippen molar-refractivity contribution in [3.8, 4) is 0 Å². The zero-order valence-corrected chi connectivity index (χ0v) is 10.8. The van der Waals surface area contributed by atoms with E-state index in [1.54, 1.807) is 11.5 Å². The minimum absolute atomic E-state index is 0.0289. The second-order valence-corrected chi connectivity index (χ2v) is 4.70. The monoisotopic (exact) mass is 266 g/mol. The summed E-state index contributed by atoms with van der Waals surface area (Å²) in [6.07, 6.45) is 3.21. The molecular weight excluding hydrogens is 256 g/mol. The van der Waals surface area contributed by atoms with Crippen molar-refractivity contribution in [1.82, 2.24) is 9.59 Å². The molecule has 0 atom stereocenters. The van der Waals surface area contributed by atoms with Gasteiger partial charge in [0.05, 0.1) is 5.69 Å². The highest BCUT2D eigenvalue weighted by atomic mass is 32.1. The van der Waals surface area contributed by atoms with Gasteiger partial charge in [0, 0.05) is 10.9 Å². The van der Waals surface area contributed by atoms with Gasteiger partial charge in [-0.1, -0.05) is 40.9 Å². The van der Waals surface area contributed by atoms with Gasteiger partial charge in [-0.2, -0.15) is 0 Å². The van der Waals surface area contributed by atoms with E-state index in [4.69, 9.17) is 0 Å². The fourth-order valence-corrected chi connectivity index (χ4v) is 2.27. The number of allylic oxidation sites excluding steroid dienone is 1. The lowest BCUT2D eigenvalue weighted by Gasteiger charge is -2.00. The summed E-state index contributed by atoms with van der Waals surface area (Å²) >= 11 is 1.27. The molecule has 0 N–H and O–H groups in total. The van der Waals surface area contributed by atoms with E-state index in [0.29, 0.717) is 11.3 Å². The molecule has 0 unspecified atom stereocenters. The predicted octanol–water partition coefficient (Wildman–Crippen LogP) is 3.59. The van der Waals surface area contributed by atoms with Crippen molar-refractivity contribution < 1.29 is 4.79 Å². The number of fused-ring (bicyclic) bond motifs is 1. The van der Waals surface area contributed by atoms with Crippen LogP contribution in [0.15, 0.2) is 53.9 Å². The van der Waals surface area contributed by atoms with Crippen molar-refractivity contribution in [1.29, 1.82) is 0 Å². The second kappa shape index (κ2) is 5.12. The number of benzene rings is 2. The molecule has 0 saturated heterocycles. The maximum atomic E-state index is 12.1. The molecule has 0 spiro atoms. The van der Waals surface area contributed by atoms with Gasteiger partial charge in [0.25, 0.3) is 0 Å². The van der Waals surface area contributed by atoms with Crippen molar-refractivity contribution in [3.05, 3.63) is 65.2 Å². The predicted molar refractivity (Wildman–Crippen MR) is 77.2 cm³/mol. The van der Waals surface area contributed by atoms with Crippen LogP contribution < -0.4 is 0 Å². The smallest absolute Gasteiger partial charge is 0.185 e. The average Bonchev–Trinajstić information content (AvgIpc) is 2.97. The number of rotatable bonds is 3. The lowest BCUT2D eigenvalue weighted by atomic mass is 10.0. The first-order chi connectivity index (χ1) is 9.33. The zero-order chi connectivity index (χ0) is 13.1. The maximum absolute atomic E-state index is 12.1. The van der Waals surface area contributed by atoms with E-state index in [-0.39, 0.29) is 5.78 Å². The van der Waals surface area contributed by atoms with Gasteiger partial charge in [-0.25, -0.2) is 0 Å². The molecule has 19 heavy (non-hydrogen) atoms. The SMILES string of the molecule is O=C(C=Cc1csnn1)c1ccc2ccccc2c1. The Labute approximate surface area is 114 Å². The van der Waals surface area contributed by atoms with Crippen LogP contribution in [0, 0.1) is 0 Å². The molecule has 2 aromatic carbocycles. The molecule has 92 valence electrons. The Morgan fingerprint density at radius 2 is 1.95 bits per heavy atom. The number of carbonyl (C=O) groups is 1. The molecule has 3 nitrogen and oxygen atoms in total. The quantitative estimate of drug-likeness (QED) is 0.537. The Morgan fingerprint density at radius 3 is 2.74 bits per heavy atom. The molecule has 1 heterocycles. The van der Waals surface area contributed by atoms with Gasteiger partial charge in [-0.05, 0) is 40.5 Å². The normalized spacial score (nSPS) is 11.2. The Kier molecular flexibility index (Phi) is 3.16. The third-order valence-corrected chi connectivity index (χ3v) is 3.34. The molecular formula is C15H10N2OS. The molecule has 0 aliphatic rings. The molecule has 0 aliphatic heterocycles. The molecule has 4 heteroatoms. The largest absolute Gasteiger partial charge is 0.289 e. The van der Waals surface area contributed by atoms with Crippen LogP contribution >= 0.6 is 11.5 Å². The van der Waals surface area contributed by atoms with Crippen molar-refractivity contribution in [2.24, 2.45) is 0 Å². The van der Waals surface area contributed by atoms with Crippen LogP contribution in [0.1, 0.15) is 16.1 Å². The number of hydrogen-bond acceptors (Lipinski definition) is 4. The third kappa shape index (κ3) is 2.58.